The second kappa shape index (κ2) is 6.31. The maximum Gasteiger partial charge on any atom is 0.335 e. The number of β-lactam (4-membered cyclic amide) rings is 1. The average Bonchev–Trinajstić information content (AvgIpc) is 2.75. The lowest BCUT2D eigenvalue weighted by Gasteiger charge is -2.41. The number of carbonyl (C=O) groups is 3. The Hall–Kier alpha value is -2.46. The lowest BCUT2D eigenvalue weighted by Crippen LogP contribution is -2.67. The number of aromatic carboxylic acids is 1. The summed E-state index contributed by atoms with van der Waals surface area (Å²) in [6.07, 6.45) is -1.12. The molecule has 2 fully saturated rings. The van der Waals surface area contributed by atoms with E-state index in [0.717, 1.165) is 4.90 Å². The highest BCUT2D eigenvalue weighted by molar-refractivity contribution is 7.94. The van der Waals surface area contributed by atoms with Crippen LogP contribution in [0.1, 0.15) is 29.8 Å². The largest absolute Gasteiger partial charge is 0.478 e. The predicted molar refractivity (Wildman–Crippen MR) is 91.4 cm³/mol. The van der Waals surface area contributed by atoms with Gasteiger partial charge in [-0.15, -0.1) is 0 Å². The number of esters is 1. The number of benzene rings is 1. The lowest BCUT2D eigenvalue weighted by atomic mass is 9.97. The van der Waals surface area contributed by atoms with Gasteiger partial charge in [-0.1, -0.05) is 12.1 Å². The van der Waals surface area contributed by atoms with Gasteiger partial charge in [0.05, 0.1) is 5.56 Å². The molecule has 0 bridgehead atoms. The molecule has 3 atom stereocenters. The summed E-state index contributed by atoms with van der Waals surface area (Å²) < 4.78 is 34.1. The summed E-state index contributed by atoms with van der Waals surface area (Å²) in [6, 6.07) is 4.45. The summed E-state index contributed by atoms with van der Waals surface area (Å²) in [4.78, 5) is 36.7. The van der Waals surface area contributed by atoms with E-state index in [9.17, 15) is 22.8 Å². The van der Waals surface area contributed by atoms with Crippen LogP contribution in [0.25, 0.3) is 0 Å². The average molecular weight is 397 g/mol. The molecular weight excluding hydrogens is 378 g/mol. The second-order valence-electron chi connectivity index (χ2n) is 6.95. The molecule has 1 aromatic rings. The smallest absolute Gasteiger partial charge is 0.335 e. The van der Waals surface area contributed by atoms with Crippen LogP contribution in [0, 0.1) is 0 Å². The summed E-state index contributed by atoms with van der Waals surface area (Å²) in [5, 5.41) is 7.68. The zero-order valence-corrected chi connectivity index (χ0v) is 15.7. The minimum atomic E-state index is -3.84. The van der Waals surface area contributed by atoms with E-state index in [-0.39, 0.29) is 12.2 Å². The first-order valence-corrected chi connectivity index (χ1v) is 9.66. The van der Waals surface area contributed by atoms with E-state index < -0.39 is 49.9 Å². The van der Waals surface area contributed by atoms with Gasteiger partial charge in [0.25, 0.3) is 5.91 Å². The quantitative estimate of drug-likeness (QED) is 0.551. The van der Waals surface area contributed by atoms with Crippen molar-refractivity contribution in [3.05, 3.63) is 35.4 Å². The van der Waals surface area contributed by atoms with Crippen molar-refractivity contribution < 1.29 is 37.4 Å². The minimum Gasteiger partial charge on any atom is -0.478 e. The van der Waals surface area contributed by atoms with E-state index >= 15 is 0 Å². The number of amides is 1. The molecule has 1 N–H and O–H groups in total. The highest BCUT2D eigenvalue weighted by Crippen LogP contribution is 2.47. The van der Waals surface area contributed by atoms with Crippen LogP contribution in [0.15, 0.2) is 24.3 Å². The summed E-state index contributed by atoms with van der Waals surface area (Å²) in [6.45, 7) is 2.59. The second-order valence-corrected chi connectivity index (χ2v) is 9.58. The minimum absolute atomic E-state index is 0.0905. The van der Waals surface area contributed by atoms with Crippen LogP contribution in [-0.4, -0.2) is 65.6 Å². The van der Waals surface area contributed by atoms with Crippen molar-refractivity contribution in [2.75, 3.05) is 7.11 Å². The molecule has 1 aromatic carbocycles. The van der Waals surface area contributed by atoms with Crippen molar-refractivity contribution in [1.29, 1.82) is 0 Å². The van der Waals surface area contributed by atoms with E-state index in [4.69, 9.17) is 14.6 Å². The molecular formula is C17H19NO8S. The van der Waals surface area contributed by atoms with Gasteiger partial charge >= 0.3 is 11.9 Å². The molecule has 27 heavy (non-hydrogen) atoms. The van der Waals surface area contributed by atoms with E-state index in [0.29, 0.717) is 5.56 Å². The molecule has 2 aliphatic heterocycles. The Labute approximate surface area is 155 Å². The number of sulfone groups is 1. The van der Waals surface area contributed by atoms with Crippen LogP contribution >= 0.6 is 0 Å². The highest BCUT2D eigenvalue weighted by Gasteiger charge is 2.72. The Morgan fingerprint density at radius 1 is 1.22 bits per heavy atom. The van der Waals surface area contributed by atoms with Crippen LogP contribution in [0.3, 0.4) is 0 Å². The molecule has 0 unspecified atom stereocenters. The van der Waals surface area contributed by atoms with Crippen LogP contribution in [0.2, 0.25) is 0 Å². The molecule has 10 heteroatoms. The summed E-state index contributed by atoms with van der Waals surface area (Å²) in [5.74, 6) is -2.48. The third-order valence-corrected chi connectivity index (χ3v) is 7.88. The van der Waals surface area contributed by atoms with Gasteiger partial charge in [-0.25, -0.2) is 18.0 Å². The molecule has 146 valence electrons. The molecule has 2 heterocycles. The SMILES string of the molecule is CO[C@H]1C(=O)N2[C@@H](C(=O)OCc3ccc(C(=O)O)cc3)C(C)(C)S(=O)(=O)[C@H]12. The van der Waals surface area contributed by atoms with Gasteiger partial charge in [0.2, 0.25) is 0 Å². The van der Waals surface area contributed by atoms with Crippen LogP contribution in [-0.2, 0) is 35.5 Å². The van der Waals surface area contributed by atoms with E-state index in [1.807, 2.05) is 0 Å². The van der Waals surface area contributed by atoms with E-state index in [1.54, 1.807) is 0 Å². The molecule has 0 spiro atoms. The Morgan fingerprint density at radius 3 is 2.33 bits per heavy atom. The molecule has 1 amide bonds. The molecule has 2 saturated heterocycles. The van der Waals surface area contributed by atoms with Gasteiger partial charge < -0.3 is 19.5 Å². The van der Waals surface area contributed by atoms with Gasteiger partial charge in [0, 0.05) is 7.11 Å². The third kappa shape index (κ3) is 2.71. The molecule has 0 aliphatic carbocycles. The Kier molecular flexibility index (Phi) is 4.51. The first-order chi connectivity index (χ1) is 12.5. The third-order valence-electron chi connectivity index (χ3n) is 5.08. The topological polar surface area (TPSA) is 127 Å². The van der Waals surface area contributed by atoms with Crippen LogP contribution in [0.4, 0.5) is 0 Å². The molecule has 0 aromatic heterocycles. The number of nitrogens with zero attached hydrogens (tertiary/aromatic N) is 1. The number of ether oxygens (including phenoxy) is 2. The summed E-state index contributed by atoms with van der Waals surface area (Å²) >= 11 is 0. The Morgan fingerprint density at radius 2 is 1.81 bits per heavy atom. The molecule has 2 aliphatic rings. The first-order valence-electron chi connectivity index (χ1n) is 8.11. The lowest BCUT2D eigenvalue weighted by molar-refractivity contribution is -0.175. The fourth-order valence-electron chi connectivity index (χ4n) is 3.44. The van der Waals surface area contributed by atoms with Crippen LogP contribution < -0.4 is 0 Å². The standard InChI is InChI=1S/C17H19NO8S/c1-17(2)12(18-13(19)11(25-3)14(18)27(17,23)24)16(22)26-8-9-4-6-10(7-5-9)15(20)21/h4-7,11-12,14H,8H2,1-3H3,(H,20,21)/t11-,12-,14+/m0/s1. The van der Waals surface area contributed by atoms with E-state index in [1.165, 1.54) is 45.2 Å². The number of carboxylic acids is 1. The molecule has 0 radical (unpaired) electrons. The maximum atomic E-state index is 12.7. The number of methoxy groups -OCH3 is 1. The molecule has 0 saturated carbocycles. The van der Waals surface area contributed by atoms with Crippen molar-refractivity contribution in [1.82, 2.24) is 4.90 Å². The van der Waals surface area contributed by atoms with Gasteiger partial charge in [-0.05, 0) is 31.5 Å². The maximum absolute atomic E-state index is 12.7. The van der Waals surface area contributed by atoms with E-state index in [2.05, 4.69) is 0 Å². The summed E-state index contributed by atoms with van der Waals surface area (Å²) in [7, 11) is -2.59. The number of hydrogen-bond donors (Lipinski definition) is 1. The van der Waals surface area contributed by atoms with Crippen molar-refractivity contribution >= 4 is 27.7 Å². The highest BCUT2D eigenvalue weighted by atomic mass is 32.2. The predicted octanol–water partition coefficient (Wildman–Crippen LogP) is 0.187. The number of fused-ring (bicyclic) bond motifs is 1. The van der Waals surface area contributed by atoms with Crippen molar-refractivity contribution in [3.63, 3.8) is 0 Å². The fourth-order valence-corrected chi connectivity index (χ4v) is 5.66. The molecule has 3 rings (SSSR count). The summed E-state index contributed by atoms with van der Waals surface area (Å²) in [5.41, 5.74) is 0.626. The number of rotatable bonds is 5. The Bertz CT molecular complexity index is 905. The zero-order chi connectivity index (χ0) is 20.1. The van der Waals surface area contributed by atoms with Crippen molar-refractivity contribution in [2.24, 2.45) is 0 Å². The van der Waals surface area contributed by atoms with Gasteiger partial charge in [0.1, 0.15) is 17.4 Å². The molecule has 9 nitrogen and oxygen atoms in total. The van der Waals surface area contributed by atoms with Gasteiger partial charge in [-0.2, -0.15) is 0 Å². The fraction of sp³-hybridized carbons (Fsp3) is 0.471. The van der Waals surface area contributed by atoms with Crippen LogP contribution in [0.5, 0.6) is 0 Å². The number of carboxylic acid groups (broad SMARTS) is 1. The normalized spacial score (nSPS) is 27.6. The van der Waals surface area contributed by atoms with Gasteiger partial charge in [-0.3, -0.25) is 4.79 Å². The number of hydrogen-bond acceptors (Lipinski definition) is 7. The number of carbonyl (C=O) groups excluding carboxylic acids is 2. The van der Waals surface area contributed by atoms with Crippen molar-refractivity contribution in [2.45, 2.75) is 42.7 Å². The Balaban J connectivity index is 1.78. The first kappa shape index (κ1) is 19.3. The van der Waals surface area contributed by atoms with Gasteiger partial charge in [0.15, 0.2) is 21.3 Å². The zero-order valence-electron chi connectivity index (χ0n) is 14.9. The van der Waals surface area contributed by atoms with Crippen molar-refractivity contribution in [3.8, 4) is 0 Å². The monoisotopic (exact) mass is 397 g/mol.